The number of benzene rings is 2. The van der Waals surface area contributed by atoms with E-state index in [-0.39, 0.29) is 35.5 Å². The Kier molecular flexibility index (Phi) is 5.98. The molecular formula is C18H19ClFN3O3S. The van der Waals surface area contributed by atoms with Gasteiger partial charge in [0.05, 0.1) is 16.5 Å². The second kappa shape index (κ2) is 8.24. The maximum atomic E-state index is 13.4. The summed E-state index contributed by atoms with van der Waals surface area (Å²) in [5.41, 5.74) is 0.454. The highest BCUT2D eigenvalue weighted by Gasteiger charge is 2.29. The number of nitrogens with zero attached hydrogens (tertiary/aromatic N) is 2. The molecule has 0 radical (unpaired) electrons. The van der Waals surface area contributed by atoms with Gasteiger partial charge in [0.2, 0.25) is 15.9 Å². The smallest absolute Gasteiger partial charge is 0.243 e. The number of carbonyl (C=O) groups excluding carboxylic acids is 1. The lowest BCUT2D eigenvalue weighted by molar-refractivity contribution is -0.130. The molecule has 2 aromatic carbocycles. The lowest BCUT2D eigenvalue weighted by Crippen LogP contribution is -2.51. The number of rotatable bonds is 5. The largest absolute Gasteiger partial charge is 0.376 e. The first-order valence-corrected chi connectivity index (χ1v) is 10.2. The van der Waals surface area contributed by atoms with Crippen LogP contribution in [-0.4, -0.2) is 56.3 Å². The van der Waals surface area contributed by atoms with Crippen molar-refractivity contribution >= 4 is 33.2 Å². The van der Waals surface area contributed by atoms with Crippen LogP contribution in [-0.2, 0) is 14.8 Å². The Hall–Kier alpha value is -2.16. The van der Waals surface area contributed by atoms with Crippen molar-refractivity contribution in [3.8, 4) is 0 Å². The van der Waals surface area contributed by atoms with E-state index in [1.54, 1.807) is 41.3 Å². The van der Waals surface area contributed by atoms with Crippen LogP contribution >= 0.6 is 11.6 Å². The Morgan fingerprint density at radius 2 is 1.74 bits per heavy atom. The third kappa shape index (κ3) is 4.58. The summed E-state index contributed by atoms with van der Waals surface area (Å²) >= 11 is 5.63. The van der Waals surface area contributed by atoms with E-state index in [2.05, 4.69) is 5.32 Å². The van der Waals surface area contributed by atoms with Gasteiger partial charge in [-0.2, -0.15) is 4.31 Å². The molecule has 3 rings (SSSR count). The maximum absolute atomic E-state index is 13.4. The zero-order valence-electron chi connectivity index (χ0n) is 14.4. The number of nitrogens with one attached hydrogen (secondary N) is 1. The van der Waals surface area contributed by atoms with Crippen LogP contribution in [0.15, 0.2) is 53.4 Å². The second-order valence-corrected chi connectivity index (χ2v) is 8.43. The van der Waals surface area contributed by atoms with Crippen LogP contribution in [0.1, 0.15) is 0 Å². The van der Waals surface area contributed by atoms with Crippen molar-refractivity contribution in [2.45, 2.75) is 4.90 Å². The van der Waals surface area contributed by atoms with Crippen molar-refractivity contribution in [3.05, 3.63) is 59.4 Å². The number of amides is 1. The van der Waals surface area contributed by atoms with Crippen molar-refractivity contribution in [3.63, 3.8) is 0 Å². The molecule has 1 N–H and O–H groups in total. The quantitative estimate of drug-likeness (QED) is 0.820. The zero-order chi connectivity index (χ0) is 19.4. The molecule has 1 aliphatic heterocycles. The molecular weight excluding hydrogens is 393 g/mol. The van der Waals surface area contributed by atoms with Crippen molar-refractivity contribution in [1.29, 1.82) is 0 Å². The van der Waals surface area contributed by atoms with Gasteiger partial charge < -0.3 is 10.2 Å². The number of halogens is 2. The fourth-order valence-electron chi connectivity index (χ4n) is 2.81. The number of anilines is 1. The molecule has 9 heteroatoms. The van der Waals surface area contributed by atoms with Crippen LogP contribution in [0.4, 0.5) is 10.1 Å². The van der Waals surface area contributed by atoms with Crippen LogP contribution in [0.5, 0.6) is 0 Å². The van der Waals surface area contributed by atoms with E-state index in [9.17, 15) is 17.6 Å². The van der Waals surface area contributed by atoms with Crippen LogP contribution in [0.25, 0.3) is 0 Å². The molecule has 0 saturated carbocycles. The first-order valence-electron chi connectivity index (χ1n) is 8.40. The van der Waals surface area contributed by atoms with Gasteiger partial charge in [-0.1, -0.05) is 29.8 Å². The lowest BCUT2D eigenvalue weighted by Gasteiger charge is -2.34. The van der Waals surface area contributed by atoms with Crippen LogP contribution in [0, 0.1) is 5.82 Å². The number of sulfonamides is 1. The lowest BCUT2D eigenvalue weighted by atomic mass is 10.3. The molecule has 1 amide bonds. The Morgan fingerprint density at radius 3 is 2.37 bits per heavy atom. The Balaban J connectivity index is 1.54. The van der Waals surface area contributed by atoms with Gasteiger partial charge in [0.15, 0.2) is 0 Å². The standard InChI is InChI=1S/C18H19ClFN3O3S/c19-16-7-6-14(12-17(16)20)21-13-18(24)22-8-10-23(11-9-22)27(25,26)15-4-2-1-3-5-15/h1-7,12,21H,8-11,13H2. The highest BCUT2D eigenvalue weighted by Crippen LogP contribution is 2.19. The van der Waals surface area contributed by atoms with Gasteiger partial charge in [0, 0.05) is 31.9 Å². The SMILES string of the molecule is O=C(CNc1ccc(Cl)c(F)c1)N1CCN(S(=O)(=O)c2ccccc2)CC1. The van der Waals surface area contributed by atoms with E-state index in [1.165, 1.54) is 16.4 Å². The normalized spacial score (nSPS) is 15.6. The number of hydrogen-bond donors (Lipinski definition) is 1. The predicted molar refractivity (Wildman–Crippen MR) is 102 cm³/mol. The minimum absolute atomic E-state index is 0.00743. The number of hydrogen-bond acceptors (Lipinski definition) is 4. The molecule has 0 aromatic heterocycles. The topological polar surface area (TPSA) is 69.7 Å². The van der Waals surface area contributed by atoms with E-state index in [4.69, 9.17) is 11.6 Å². The summed E-state index contributed by atoms with van der Waals surface area (Å²) in [6.07, 6.45) is 0. The van der Waals surface area contributed by atoms with E-state index in [1.807, 2.05) is 0 Å². The fourth-order valence-corrected chi connectivity index (χ4v) is 4.38. The molecule has 6 nitrogen and oxygen atoms in total. The summed E-state index contributed by atoms with van der Waals surface area (Å²) in [5.74, 6) is -0.740. The molecule has 144 valence electrons. The summed E-state index contributed by atoms with van der Waals surface area (Å²) in [4.78, 5) is 14.2. The molecule has 0 aliphatic carbocycles. The van der Waals surface area contributed by atoms with Crippen LogP contribution < -0.4 is 5.32 Å². The molecule has 1 saturated heterocycles. The minimum atomic E-state index is -3.55. The van der Waals surface area contributed by atoms with Gasteiger partial charge in [-0.3, -0.25) is 4.79 Å². The Labute approximate surface area is 162 Å². The van der Waals surface area contributed by atoms with Gasteiger partial charge in [-0.25, -0.2) is 12.8 Å². The minimum Gasteiger partial charge on any atom is -0.376 e. The van der Waals surface area contributed by atoms with E-state index >= 15 is 0 Å². The first kappa shape index (κ1) is 19.6. The summed E-state index contributed by atoms with van der Waals surface area (Å²) < 4.78 is 40.0. The maximum Gasteiger partial charge on any atom is 0.243 e. The van der Waals surface area contributed by atoms with Gasteiger partial charge >= 0.3 is 0 Å². The highest BCUT2D eigenvalue weighted by atomic mass is 35.5. The molecule has 1 aliphatic rings. The number of carbonyl (C=O) groups is 1. The van der Waals surface area contributed by atoms with Crippen molar-refractivity contribution in [2.75, 3.05) is 38.0 Å². The summed E-state index contributed by atoms with van der Waals surface area (Å²) in [5, 5.41) is 2.87. The van der Waals surface area contributed by atoms with Crippen molar-refractivity contribution in [2.24, 2.45) is 0 Å². The Morgan fingerprint density at radius 1 is 1.07 bits per heavy atom. The molecule has 0 atom stereocenters. The van der Waals surface area contributed by atoms with Gasteiger partial charge in [-0.15, -0.1) is 0 Å². The molecule has 1 fully saturated rings. The summed E-state index contributed by atoms with van der Waals surface area (Å²) in [6, 6.07) is 12.5. The van der Waals surface area contributed by atoms with E-state index in [0.29, 0.717) is 18.8 Å². The number of piperazine rings is 1. The summed E-state index contributed by atoms with van der Waals surface area (Å²) in [7, 11) is -3.55. The molecule has 0 unspecified atom stereocenters. The first-order chi connectivity index (χ1) is 12.9. The van der Waals surface area contributed by atoms with Crippen molar-refractivity contribution < 1.29 is 17.6 Å². The molecule has 0 spiro atoms. The average Bonchev–Trinajstić information content (AvgIpc) is 2.69. The zero-order valence-corrected chi connectivity index (χ0v) is 16.0. The van der Waals surface area contributed by atoms with Crippen LogP contribution in [0.3, 0.4) is 0 Å². The monoisotopic (exact) mass is 411 g/mol. The molecule has 1 heterocycles. The van der Waals surface area contributed by atoms with Gasteiger partial charge in [0.25, 0.3) is 0 Å². The average molecular weight is 412 g/mol. The third-order valence-electron chi connectivity index (χ3n) is 4.34. The second-order valence-electron chi connectivity index (χ2n) is 6.08. The van der Waals surface area contributed by atoms with Gasteiger partial charge in [-0.05, 0) is 30.3 Å². The van der Waals surface area contributed by atoms with Crippen LogP contribution in [0.2, 0.25) is 5.02 Å². The Bertz CT molecular complexity index is 917. The molecule has 2 aromatic rings. The van der Waals surface area contributed by atoms with Crippen molar-refractivity contribution in [1.82, 2.24) is 9.21 Å². The predicted octanol–water partition coefficient (Wildman–Crippen LogP) is 2.42. The third-order valence-corrected chi connectivity index (χ3v) is 6.56. The highest BCUT2D eigenvalue weighted by molar-refractivity contribution is 7.89. The molecule has 0 bridgehead atoms. The summed E-state index contributed by atoms with van der Waals surface area (Å²) in [6.45, 7) is 1.08. The van der Waals surface area contributed by atoms with E-state index < -0.39 is 15.8 Å². The fraction of sp³-hybridized carbons (Fsp3) is 0.278. The van der Waals surface area contributed by atoms with Gasteiger partial charge in [0.1, 0.15) is 5.82 Å². The molecule has 27 heavy (non-hydrogen) atoms. The van der Waals surface area contributed by atoms with E-state index in [0.717, 1.165) is 0 Å².